The summed E-state index contributed by atoms with van der Waals surface area (Å²) in [4.78, 5) is 0. The number of thiophene rings is 1. The molecule has 0 aliphatic carbocycles. The maximum Gasteiger partial charge on any atom is 0.0405 e. The summed E-state index contributed by atoms with van der Waals surface area (Å²) in [6.45, 7) is 0. The van der Waals surface area contributed by atoms with Crippen molar-refractivity contribution in [2.24, 2.45) is 0 Å². The fourth-order valence-corrected chi connectivity index (χ4v) is 1.29. The minimum atomic E-state index is 0.598. The van der Waals surface area contributed by atoms with E-state index in [1.807, 2.05) is 16.8 Å². The van der Waals surface area contributed by atoms with Crippen LogP contribution in [0.3, 0.4) is 0 Å². The zero-order valence-corrected chi connectivity index (χ0v) is 5.75. The highest BCUT2D eigenvalue weighted by Crippen LogP contribution is 2.15. The van der Waals surface area contributed by atoms with Crippen molar-refractivity contribution < 1.29 is 0 Å². The van der Waals surface area contributed by atoms with Crippen LogP contribution >= 0.6 is 11.3 Å². The number of tetrazole rings is 1. The van der Waals surface area contributed by atoms with E-state index < -0.39 is 0 Å². The highest BCUT2D eigenvalue weighted by Gasteiger charge is 1.91. The molecule has 10 heavy (non-hydrogen) atoms. The van der Waals surface area contributed by atoms with Crippen LogP contribution in [0.1, 0.15) is 0 Å². The van der Waals surface area contributed by atoms with E-state index in [2.05, 4.69) is 20.6 Å². The molecule has 2 heterocycles. The van der Waals surface area contributed by atoms with E-state index >= 15 is 0 Å². The summed E-state index contributed by atoms with van der Waals surface area (Å²) in [5, 5.41) is 18.1. The summed E-state index contributed by atoms with van der Waals surface area (Å²) in [5.41, 5.74) is 0.981. The van der Waals surface area contributed by atoms with Gasteiger partial charge in [-0.3, -0.25) is 10.3 Å². The molecule has 0 aromatic carbocycles. The van der Waals surface area contributed by atoms with E-state index in [-0.39, 0.29) is 0 Å². The summed E-state index contributed by atoms with van der Waals surface area (Å²) in [6.07, 6.45) is 0. The van der Waals surface area contributed by atoms with Crippen molar-refractivity contribution in [2.45, 2.75) is 0 Å². The second-order valence-corrected chi connectivity index (χ2v) is 2.49. The summed E-state index contributed by atoms with van der Waals surface area (Å²) in [6, 6.07) is 1.93. The van der Waals surface area contributed by atoms with Crippen LogP contribution in [0, 0.1) is 0 Å². The van der Waals surface area contributed by atoms with E-state index in [1.54, 1.807) is 11.3 Å². The molecule has 2 rings (SSSR count). The Morgan fingerprint density at radius 2 is 2.50 bits per heavy atom. The van der Waals surface area contributed by atoms with Crippen LogP contribution in [0.5, 0.6) is 0 Å². The molecule has 0 aliphatic rings. The lowest BCUT2D eigenvalue weighted by Crippen LogP contribution is -1.77. The van der Waals surface area contributed by atoms with Crippen molar-refractivity contribution in [2.75, 3.05) is 0 Å². The standard InChI is InChI=1S/C5H3N4S/c1-2-10-3-4(1)5-6-8-9-7-5/h1-3H/q-1. The summed E-state index contributed by atoms with van der Waals surface area (Å²) < 4.78 is 0. The molecular weight excluding hydrogens is 148 g/mol. The molecule has 0 unspecified atom stereocenters. The van der Waals surface area contributed by atoms with E-state index in [0.29, 0.717) is 5.82 Å². The molecule has 0 radical (unpaired) electrons. The Balaban J connectivity index is 2.48. The smallest absolute Gasteiger partial charge is 0.0405 e. The third-order valence-electron chi connectivity index (χ3n) is 1.10. The van der Waals surface area contributed by atoms with Crippen molar-refractivity contribution in [3.63, 3.8) is 0 Å². The van der Waals surface area contributed by atoms with Gasteiger partial charge < -0.3 is 5.10 Å². The van der Waals surface area contributed by atoms with Gasteiger partial charge in [-0.05, 0) is 22.4 Å². The SMILES string of the molecule is c1cc(-c2nnn[n-]2)cs1. The van der Waals surface area contributed by atoms with Crippen molar-refractivity contribution in [3.05, 3.63) is 16.8 Å². The van der Waals surface area contributed by atoms with Gasteiger partial charge in [0.05, 0.1) is 0 Å². The molecule has 2 aromatic rings. The molecule has 0 bridgehead atoms. The minimum Gasteiger partial charge on any atom is -0.330 e. The molecule has 0 saturated heterocycles. The molecule has 0 spiro atoms. The molecule has 0 saturated carbocycles. The van der Waals surface area contributed by atoms with Gasteiger partial charge in [0.25, 0.3) is 0 Å². The Morgan fingerprint density at radius 3 is 3.10 bits per heavy atom. The molecule has 50 valence electrons. The van der Waals surface area contributed by atoms with E-state index in [1.165, 1.54) is 0 Å². The molecule has 0 aliphatic heterocycles. The Bertz CT molecular complexity index is 253. The lowest BCUT2D eigenvalue weighted by Gasteiger charge is -1.90. The molecule has 0 amide bonds. The highest BCUT2D eigenvalue weighted by molar-refractivity contribution is 7.08. The summed E-state index contributed by atoms with van der Waals surface area (Å²) in [7, 11) is 0. The van der Waals surface area contributed by atoms with Gasteiger partial charge in [0.1, 0.15) is 0 Å². The van der Waals surface area contributed by atoms with Gasteiger partial charge in [0.15, 0.2) is 0 Å². The molecular formula is C5H3N4S-. The van der Waals surface area contributed by atoms with Crippen LogP contribution in [-0.4, -0.2) is 15.5 Å². The molecule has 0 fully saturated rings. The Kier molecular flexibility index (Phi) is 1.21. The normalized spacial score (nSPS) is 10.0. The quantitative estimate of drug-likeness (QED) is 0.597. The Hall–Kier alpha value is -1.23. The molecule has 4 nitrogen and oxygen atoms in total. The van der Waals surface area contributed by atoms with E-state index in [4.69, 9.17) is 0 Å². The van der Waals surface area contributed by atoms with Crippen LogP contribution in [0.4, 0.5) is 0 Å². The van der Waals surface area contributed by atoms with Gasteiger partial charge in [0, 0.05) is 5.82 Å². The van der Waals surface area contributed by atoms with Crippen LogP contribution in [0.15, 0.2) is 16.8 Å². The first kappa shape index (κ1) is 5.55. The first-order chi connectivity index (χ1) is 4.97. The minimum absolute atomic E-state index is 0.598. The second kappa shape index (κ2) is 2.18. The largest absolute Gasteiger partial charge is 0.330 e. The molecule has 0 N–H and O–H groups in total. The number of hydrogen-bond donors (Lipinski definition) is 0. The van der Waals surface area contributed by atoms with Gasteiger partial charge in [-0.25, -0.2) is 0 Å². The molecule has 2 aromatic heterocycles. The average molecular weight is 151 g/mol. The third-order valence-corrected chi connectivity index (χ3v) is 1.78. The highest BCUT2D eigenvalue weighted by atomic mass is 32.1. The maximum atomic E-state index is 3.69. The lowest BCUT2D eigenvalue weighted by molar-refractivity contribution is 0.871. The summed E-state index contributed by atoms with van der Waals surface area (Å²) >= 11 is 1.60. The third kappa shape index (κ3) is 0.801. The van der Waals surface area contributed by atoms with Gasteiger partial charge in [0.2, 0.25) is 0 Å². The number of nitrogens with zero attached hydrogens (tertiary/aromatic N) is 4. The maximum absolute atomic E-state index is 3.69. The first-order valence-corrected chi connectivity index (χ1v) is 3.62. The second-order valence-electron chi connectivity index (χ2n) is 1.71. The predicted octanol–water partition coefficient (Wildman–Crippen LogP) is 0.557. The van der Waals surface area contributed by atoms with Crippen LogP contribution in [0.2, 0.25) is 0 Å². The van der Waals surface area contributed by atoms with Crippen molar-refractivity contribution in [1.82, 2.24) is 20.6 Å². The van der Waals surface area contributed by atoms with Crippen LogP contribution < -0.4 is 5.10 Å². The fraction of sp³-hybridized carbons (Fsp3) is 0. The van der Waals surface area contributed by atoms with Gasteiger partial charge in [-0.15, -0.1) is 0 Å². The van der Waals surface area contributed by atoms with Crippen molar-refractivity contribution in [3.8, 4) is 11.4 Å². The zero-order valence-electron chi connectivity index (χ0n) is 4.93. The fourth-order valence-electron chi connectivity index (χ4n) is 0.652. The topological polar surface area (TPSA) is 52.8 Å². The average Bonchev–Trinajstić information content (AvgIpc) is 2.59. The van der Waals surface area contributed by atoms with Gasteiger partial charge in [-0.1, -0.05) is 0 Å². The van der Waals surface area contributed by atoms with Crippen molar-refractivity contribution >= 4 is 11.3 Å². The Morgan fingerprint density at radius 1 is 1.50 bits per heavy atom. The van der Waals surface area contributed by atoms with E-state index in [9.17, 15) is 0 Å². The van der Waals surface area contributed by atoms with Gasteiger partial charge >= 0.3 is 0 Å². The van der Waals surface area contributed by atoms with Crippen LogP contribution in [0.25, 0.3) is 11.4 Å². The predicted molar refractivity (Wildman–Crippen MR) is 36.5 cm³/mol. The number of hydrogen-bond acceptors (Lipinski definition) is 4. The summed E-state index contributed by atoms with van der Waals surface area (Å²) in [5.74, 6) is 0.598. The Labute approximate surface area is 60.9 Å². The van der Waals surface area contributed by atoms with Crippen molar-refractivity contribution in [1.29, 1.82) is 0 Å². The first-order valence-electron chi connectivity index (χ1n) is 2.68. The van der Waals surface area contributed by atoms with Crippen LogP contribution in [-0.2, 0) is 0 Å². The monoisotopic (exact) mass is 151 g/mol. The van der Waals surface area contributed by atoms with E-state index in [0.717, 1.165) is 5.56 Å². The zero-order chi connectivity index (χ0) is 6.81. The number of aromatic nitrogens is 4. The molecule has 5 heteroatoms. The molecule has 0 atom stereocenters. The number of rotatable bonds is 1. The lowest BCUT2D eigenvalue weighted by atomic mass is 10.3. The van der Waals surface area contributed by atoms with Gasteiger partial charge in [-0.2, -0.15) is 16.6 Å².